The number of rotatable bonds is 4. The first-order chi connectivity index (χ1) is 11.0. The number of halogens is 3. The van der Waals surface area contributed by atoms with Crippen LogP contribution in [0.1, 0.15) is 12.8 Å². The lowest BCUT2D eigenvalue weighted by Crippen LogP contribution is -2.43. The van der Waals surface area contributed by atoms with E-state index in [2.05, 4.69) is 10.1 Å². The maximum absolute atomic E-state index is 12.2. The fourth-order valence-electron chi connectivity index (χ4n) is 2.44. The summed E-state index contributed by atoms with van der Waals surface area (Å²) in [4.78, 5) is 12.2. The molecule has 6 nitrogen and oxygen atoms in total. The molecule has 0 spiro atoms. The number of benzene rings is 1. The standard InChI is InChI=1S/C14H17F3N2O4S/c1-24(21,22)19-8-2-3-10(9-19)13(20)18-11-4-6-12(7-5-11)23-14(15,16)17/h4-7,10H,2-3,8-9H2,1H3,(H,18,20). The number of anilines is 1. The van der Waals surface area contributed by atoms with Gasteiger partial charge in [0.1, 0.15) is 5.75 Å². The van der Waals surface area contributed by atoms with E-state index in [0.717, 1.165) is 18.4 Å². The predicted molar refractivity (Wildman–Crippen MR) is 80.9 cm³/mol. The Bertz CT molecular complexity index is 689. The number of sulfonamides is 1. The van der Waals surface area contributed by atoms with E-state index in [1.54, 1.807) is 0 Å². The number of piperidine rings is 1. The molecular formula is C14H17F3N2O4S. The van der Waals surface area contributed by atoms with Crippen LogP contribution in [0.15, 0.2) is 24.3 Å². The average molecular weight is 366 g/mol. The summed E-state index contributed by atoms with van der Waals surface area (Å²) < 4.78 is 64.3. The number of nitrogens with one attached hydrogen (secondary N) is 1. The molecule has 0 aliphatic carbocycles. The van der Waals surface area contributed by atoms with Crippen LogP contribution in [0.2, 0.25) is 0 Å². The Kier molecular flexibility index (Phi) is 5.38. The zero-order valence-electron chi connectivity index (χ0n) is 12.8. The molecular weight excluding hydrogens is 349 g/mol. The molecule has 134 valence electrons. The summed E-state index contributed by atoms with van der Waals surface area (Å²) >= 11 is 0. The molecule has 1 aliphatic rings. The second-order valence-electron chi connectivity index (χ2n) is 5.52. The van der Waals surface area contributed by atoms with E-state index in [1.807, 2.05) is 0 Å². The highest BCUT2D eigenvalue weighted by molar-refractivity contribution is 7.88. The van der Waals surface area contributed by atoms with Gasteiger partial charge in [-0.3, -0.25) is 4.79 Å². The van der Waals surface area contributed by atoms with Crippen LogP contribution in [-0.2, 0) is 14.8 Å². The van der Waals surface area contributed by atoms with Crippen molar-refractivity contribution in [3.05, 3.63) is 24.3 Å². The Morgan fingerprint density at radius 1 is 1.29 bits per heavy atom. The number of carbonyl (C=O) groups excluding carboxylic acids is 1. The van der Waals surface area contributed by atoms with Crippen molar-refractivity contribution in [1.29, 1.82) is 0 Å². The van der Waals surface area contributed by atoms with E-state index in [1.165, 1.54) is 16.4 Å². The Morgan fingerprint density at radius 2 is 1.92 bits per heavy atom. The number of hydrogen-bond acceptors (Lipinski definition) is 4. The third kappa shape index (κ3) is 5.38. The first-order valence-corrected chi connectivity index (χ1v) is 9.01. The molecule has 0 radical (unpaired) electrons. The van der Waals surface area contributed by atoms with Gasteiger partial charge in [-0.2, -0.15) is 0 Å². The van der Waals surface area contributed by atoms with Gasteiger partial charge in [0.05, 0.1) is 12.2 Å². The monoisotopic (exact) mass is 366 g/mol. The van der Waals surface area contributed by atoms with Crippen molar-refractivity contribution in [2.75, 3.05) is 24.7 Å². The third-order valence-corrected chi connectivity index (χ3v) is 4.85. The minimum absolute atomic E-state index is 0.0972. The van der Waals surface area contributed by atoms with E-state index >= 15 is 0 Å². The van der Waals surface area contributed by atoms with Crippen molar-refractivity contribution in [2.24, 2.45) is 5.92 Å². The molecule has 1 atom stereocenters. The molecule has 2 rings (SSSR count). The molecule has 1 saturated heterocycles. The summed E-state index contributed by atoms with van der Waals surface area (Å²) in [6, 6.07) is 4.76. The fraction of sp³-hybridized carbons (Fsp3) is 0.500. The molecule has 1 aromatic carbocycles. The largest absolute Gasteiger partial charge is 0.573 e. The molecule has 24 heavy (non-hydrogen) atoms. The topological polar surface area (TPSA) is 75.7 Å². The first kappa shape index (κ1) is 18.5. The van der Waals surface area contributed by atoms with Crippen LogP contribution >= 0.6 is 0 Å². The van der Waals surface area contributed by atoms with Gasteiger partial charge in [0, 0.05) is 18.8 Å². The molecule has 1 amide bonds. The van der Waals surface area contributed by atoms with Crippen molar-refractivity contribution in [1.82, 2.24) is 4.31 Å². The average Bonchev–Trinajstić information content (AvgIpc) is 2.47. The van der Waals surface area contributed by atoms with Gasteiger partial charge in [-0.1, -0.05) is 0 Å². The molecule has 1 aromatic rings. The van der Waals surface area contributed by atoms with Crippen LogP contribution in [0.25, 0.3) is 0 Å². The maximum Gasteiger partial charge on any atom is 0.573 e. The third-order valence-electron chi connectivity index (χ3n) is 3.58. The summed E-state index contributed by atoms with van der Waals surface area (Å²) in [5, 5.41) is 2.58. The molecule has 1 fully saturated rings. The lowest BCUT2D eigenvalue weighted by Gasteiger charge is -2.30. The van der Waals surface area contributed by atoms with E-state index in [-0.39, 0.29) is 18.2 Å². The number of hydrogen-bond donors (Lipinski definition) is 1. The molecule has 1 N–H and O–H groups in total. The van der Waals surface area contributed by atoms with Gasteiger partial charge in [-0.25, -0.2) is 12.7 Å². The fourth-order valence-corrected chi connectivity index (χ4v) is 3.35. The predicted octanol–water partition coefficient (Wildman–Crippen LogP) is 2.20. The number of carbonyl (C=O) groups is 1. The highest BCUT2D eigenvalue weighted by atomic mass is 32.2. The lowest BCUT2D eigenvalue weighted by atomic mass is 9.99. The van der Waals surface area contributed by atoms with E-state index < -0.39 is 22.3 Å². The highest BCUT2D eigenvalue weighted by Crippen LogP contribution is 2.25. The van der Waals surface area contributed by atoms with Crippen LogP contribution in [0.4, 0.5) is 18.9 Å². The second-order valence-corrected chi connectivity index (χ2v) is 7.50. The summed E-state index contributed by atoms with van der Waals surface area (Å²) in [6.07, 6.45) is -2.56. The van der Waals surface area contributed by atoms with Gasteiger partial charge in [0.2, 0.25) is 15.9 Å². The minimum Gasteiger partial charge on any atom is -0.406 e. The van der Waals surface area contributed by atoms with Crippen molar-refractivity contribution >= 4 is 21.6 Å². The summed E-state index contributed by atoms with van der Waals surface area (Å²) in [5.41, 5.74) is 0.311. The molecule has 0 bridgehead atoms. The van der Waals surface area contributed by atoms with Gasteiger partial charge in [0.15, 0.2) is 0 Å². The van der Waals surface area contributed by atoms with Gasteiger partial charge < -0.3 is 10.1 Å². The number of amides is 1. The van der Waals surface area contributed by atoms with E-state index in [4.69, 9.17) is 0 Å². The van der Waals surface area contributed by atoms with Crippen LogP contribution in [0.3, 0.4) is 0 Å². The number of nitrogens with zero attached hydrogens (tertiary/aromatic N) is 1. The molecule has 1 aliphatic heterocycles. The van der Waals surface area contributed by atoms with Gasteiger partial charge in [-0.15, -0.1) is 13.2 Å². The van der Waals surface area contributed by atoms with Crippen LogP contribution in [0.5, 0.6) is 5.75 Å². The normalized spacial score (nSPS) is 19.8. The number of ether oxygens (including phenoxy) is 1. The van der Waals surface area contributed by atoms with Crippen molar-refractivity contribution in [3.63, 3.8) is 0 Å². The summed E-state index contributed by atoms with van der Waals surface area (Å²) in [5.74, 6) is -1.26. The Hall–Kier alpha value is -1.81. The lowest BCUT2D eigenvalue weighted by molar-refractivity contribution is -0.274. The van der Waals surface area contributed by atoms with E-state index in [0.29, 0.717) is 25.1 Å². The Balaban J connectivity index is 1.97. The number of alkyl halides is 3. The second kappa shape index (κ2) is 6.98. The highest BCUT2D eigenvalue weighted by Gasteiger charge is 2.31. The van der Waals surface area contributed by atoms with Crippen LogP contribution < -0.4 is 10.1 Å². The molecule has 0 saturated carbocycles. The van der Waals surface area contributed by atoms with Gasteiger partial charge >= 0.3 is 6.36 Å². The van der Waals surface area contributed by atoms with E-state index in [9.17, 15) is 26.4 Å². The Labute approximate surface area is 137 Å². The zero-order valence-corrected chi connectivity index (χ0v) is 13.7. The SMILES string of the molecule is CS(=O)(=O)N1CCCC(C(=O)Nc2ccc(OC(F)(F)F)cc2)C1. The van der Waals surface area contributed by atoms with Crippen LogP contribution in [0, 0.1) is 5.92 Å². The van der Waals surface area contributed by atoms with Crippen LogP contribution in [-0.4, -0.2) is 44.3 Å². The molecule has 1 heterocycles. The zero-order chi connectivity index (χ0) is 18.0. The maximum atomic E-state index is 12.2. The van der Waals surface area contributed by atoms with Crippen molar-refractivity contribution in [3.8, 4) is 5.75 Å². The van der Waals surface area contributed by atoms with Crippen molar-refractivity contribution in [2.45, 2.75) is 19.2 Å². The minimum atomic E-state index is -4.78. The quantitative estimate of drug-likeness (QED) is 0.886. The summed E-state index contributed by atoms with van der Waals surface area (Å²) in [6.45, 7) is 0.478. The molecule has 0 aromatic heterocycles. The van der Waals surface area contributed by atoms with Gasteiger partial charge in [0.25, 0.3) is 0 Å². The molecule has 10 heteroatoms. The first-order valence-electron chi connectivity index (χ1n) is 7.16. The van der Waals surface area contributed by atoms with Gasteiger partial charge in [-0.05, 0) is 37.1 Å². The smallest absolute Gasteiger partial charge is 0.406 e. The summed E-state index contributed by atoms with van der Waals surface area (Å²) in [7, 11) is -3.36. The van der Waals surface area contributed by atoms with Crippen molar-refractivity contribution < 1.29 is 31.1 Å². The molecule has 1 unspecified atom stereocenters. The Morgan fingerprint density at radius 3 is 2.46 bits per heavy atom.